The SMILES string of the molecule is CCC1(CC2=CC(c3cccc(Oc4cccc(C5C=C(CC6(CC)CCCCC6)N=N5)n4)n3)N=N2)CCCCC1.[Pt]. The van der Waals surface area contributed by atoms with Gasteiger partial charge in [0.1, 0.15) is 12.1 Å². The number of hydrogen-bond donors (Lipinski definition) is 0. The minimum atomic E-state index is -0.164. The summed E-state index contributed by atoms with van der Waals surface area (Å²) in [5.74, 6) is 1.01. The van der Waals surface area contributed by atoms with Crippen LogP contribution >= 0.6 is 0 Å². The number of rotatable bonds is 10. The molecule has 4 aliphatic rings. The van der Waals surface area contributed by atoms with Gasteiger partial charge in [-0.15, -0.1) is 0 Å². The van der Waals surface area contributed by atoms with Crippen molar-refractivity contribution in [1.29, 1.82) is 0 Å². The van der Waals surface area contributed by atoms with Crippen molar-refractivity contribution in [3.05, 3.63) is 71.3 Å². The Morgan fingerprint density at radius 1 is 0.643 bits per heavy atom. The number of nitrogens with zero attached hydrogens (tertiary/aromatic N) is 6. The van der Waals surface area contributed by atoms with Crippen molar-refractivity contribution >= 4 is 0 Å². The monoisotopic (exact) mass is 747 g/mol. The van der Waals surface area contributed by atoms with E-state index in [0.29, 0.717) is 22.6 Å². The second kappa shape index (κ2) is 13.8. The summed E-state index contributed by atoms with van der Waals surface area (Å²) in [5.41, 5.74) is 4.66. The third-order valence-corrected chi connectivity index (χ3v) is 10.1. The summed E-state index contributed by atoms with van der Waals surface area (Å²) < 4.78 is 6.13. The molecule has 0 spiro atoms. The zero-order valence-corrected chi connectivity index (χ0v) is 27.4. The van der Waals surface area contributed by atoms with Crippen molar-refractivity contribution in [2.24, 2.45) is 31.3 Å². The molecule has 2 aromatic heterocycles. The van der Waals surface area contributed by atoms with Gasteiger partial charge in [-0.1, -0.05) is 77.3 Å². The third-order valence-electron chi connectivity index (χ3n) is 10.1. The Morgan fingerprint density at radius 3 is 1.48 bits per heavy atom. The number of aromatic nitrogens is 2. The van der Waals surface area contributed by atoms with Gasteiger partial charge in [0.15, 0.2) is 0 Å². The quantitative estimate of drug-likeness (QED) is 0.243. The largest absolute Gasteiger partial charge is 0.421 e. The van der Waals surface area contributed by atoms with E-state index in [2.05, 4.69) is 46.5 Å². The molecule has 2 aliphatic heterocycles. The fraction of sp³-hybridized carbons (Fsp3) is 0.588. The number of azo groups is 2. The fourth-order valence-electron chi connectivity index (χ4n) is 7.34. The topological polar surface area (TPSA) is 84.5 Å². The van der Waals surface area contributed by atoms with E-state index < -0.39 is 0 Å². The molecule has 0 amide bonds. The molecule has 4 heterocycles. The number of pyridine rings is 2. The normalized spacial score (nSPS) is 24.1. The van der Waals surface area contributed by atoms with Crippen LogP contribution in [-0.2, 0) is 21.1 Å². The van der Waals surface area contributed by atoms with Crippen LogP contribution in [0.1, 0.15) is 127 Å². The Bertz CT molecular complexity index is 1240. The standard InChI is InChI=1S/C34H44N6O.Pt/c1-3-33(17-7-5-8-18-33)23-25-21-29(39-37-25)27-13-11-15-31(35-27)41-32-16-12-14-28(36-32)30-22-26(38-40-30)24-34(4-2)19-9-6-10-20-34;/h11-16,21-22,29-30H,3-10,17-20,23-24H2,1-2H3;. The molecule has 6 rings (SSSR count). The van der Waals surface area contributed by atoms with Gasteiger partial charge in [-0.2, -0.15) is 20.5 Å². The van der Waals surface area contributed by atoms with Crippen LogP contribution in [0.15, 0.2) is 80.4 Å². The predicted molar refractivity (Wildman–Crippen MR) is 161 cm³/mol. The first kappa shape index (κ1) is 30.9. The molecule has 0 bridgehead atoms. The molecule has 0 N–H and O–H groups in total. The molecule has 2 aromatic rings. The Kier molecular flexibility index (Phi) is 10.2. The first-order valence-corrected chi connectivity index (χ1v) is 15.9. The Hall–Kier alpha value is -2.53. The van der Waals surface area contributed by atoms with Crippen LogP contribution in [0.2, 0.25) is 0 Å². The summed E-state index contributed by atoms with van der Waals surface area (Å²) in [6.07, 6.45) is 22.1. The Labute approximate surface area is 265 Å². The zero-order chi connectivity index (χ0) is 28.1. The number of ether oxygens (including phenoxy) is 1. The van der Waals surface area contributed by atoms with Crippen molar-refractivity contribution in [3.8, 4) is 11.8 Å². The maximum atomic E-state index is 6.13. The van der Waals surface area contributed by atoms with E-state index in [0.717, 1.165) is 35.6 Å². The fourth-order valence-corrected chi connectivity index (χ4v) is 7.34. The van der Waals surface area contributed by atoms with Crippen LogP contribution < -0.4 is 4.74 Å². The summed E-state index contributed by atoms with van der Waals surface area (Å²) >= 11 is 0. The maximum Gasteiger partial charge on any atom is 0.221 e. The van der Waals surface area contributed by atoms with E-state index in [-0.39, 0.29) is 33.1 Å². The average molecular weight is 748 g/mol. The molecule has 2 fully saturated rings. The van der Waals surface area contributed by atoms with Gasteiger partial charge in [-0.3, -0.25) is 0 Å². The molecule has 0 saturated heterocycles. The summed E-state index contributed by atoms with van der Waals surface area (Å²) in [5, 5.41) is 18.3. The van der Waals surface area contributed by atoms with E-state index in [1.807, 2.05) is 36.4 Å². The van der Waals surface area contributed by atoms with Crippen LogP contribution in [0, 0.1) is 10.8 Å². The first-order chi connectivity index (χ1) is 20.1. The van der Waals surface area contributed by atoms with Crippen molar-refractivity contribution in [3.63, 3.8) is 0 Å². The molecular formula is C34H44N6OPt. The molecule has 0 radical (unpaired) electrons. The molecule has 8 heteroatoms. The molecule has 7 nitrogen and oxygen atoms in total. The van der Waals surface area contributed by atoms with Crippen LogP contribution in [0.4, 0.5) is 0 Å². The molecular weight excluding hydrogens is 703 g/mol. The van der Waals surface area contributed by atoms with Crippen LogP contribution in [0.3, 0.4) is 0 Å². The predicted octanol–water partition coefficient (Wildman–Crippen LogP) is 10.5. The molecule has 42 heavy (non-hydrogen) atoms. The first-order valence-electron chi connectivity index (χ1n) is 15.9. The van der Waals surface area contributed by atoms with Gasteiger partial charge in [-0.05, 0) is 73.6 Å². The smallest absolute Gasteiger partial charge is 0.221 e. The minimum absolute atomic E-state index is 0. The summed E-state index contributed by atoms with van der Waals surface area (Å²) in [6, 6.07) is 11.3. The molecule has 2 saturated carbocycles. The van der Waals surface area contributed by atoms with E-state index >= 15 is 0 Å². The van der Waals surface area contributed by atoms with Crippen LogP contribution in [0.25, 0.3) is 0 Å². The van der Waals surface area contributed by atoms with Gasteiger partial charge in [0.2, 0.25) is 11.8 Å². The molecule has 2 aliphatic carbocycles. The van der Waals surface area contributed by atoms with Crippen molar-refractivity contribution in [2.45, 2.75) is 116 Å². The van der Waals surface area contributed by atoms with Gasteiger partial charge in [0, 0.05) is 33.2 Å². The van der Waals surface area contributed by atoms with E-state index in [9.17, 15) is 0 Å². The summed E-state index contributed by atoms with van der Waals surface area (Å²) in [7, 11) is 0. The minimum Gasteiger partial charge on any atom is -0.421 e. The molecule has 226 valence electrons. The van der Waals surface area contributed by atoms with Crippen LogP contribution in [-0.4, -0.2) is 9.97 Å². The van der Waals surface area contributed by atoms with E-state index in [1.54, 1.807) is 0 Å². The molecule has 2 atom stereocenters. The average Bonchev–Trinajstić information content (AvgIpc) is 3.68. The van der Waals surface area contributed by atoms with Gasteiger partial charge in [-0.25, -0.2) is 9.97 Å². The second-order valence-electron chi connectivity index (χ2n) is 12.7. The molecule has 0 aromatic carbocycles. The van der Waals surface area contributed by atoms with Gasteiger partial charge in [0.05, 0.1) is 22.8 Å². The Balaban J connectivity index is 0.00000353. The van der Waals surface area contributed by atoms with E-state index in [1.165, 1.54) is 77.0 Å². The second-order valence-corrected chi connectivity index (χ2v) is 12.7. The van der Waals surface area contributed by atoms with Crippen molar-refractivity contribution in [2.75, 3.05) is 0 Å². The Morgan fingerprint density at radius 2 is 1.07 bits per heavy atom. The zero-order valence-electron chi connectivity index (χ0n) is 25.1. The maximum absolute atomic E-state index is 6.13. The van der Waals surface area contributed by atoms with Crippen molar-refractivity contribution in [1.82, 2.24) is 9.97 Å². The number of hydrogen-bond acceptors (Lipinski definition) is 7. The third kappa shape index (κ3) is 7.15. The number of allylic oxidation sites excluding steroid dienone is 2. The van der Waals surface area contributed by atoms with Gasteiger partial charge >= 0.3 is 0 Å². The summed E-state index contributed by atoms with van der Waals surface area (Å²) in [4.78, 5) is 9.55. The van der Waals surface area contributed by atoms with Crippen LogP contribution in [0.5, 0.6) is 11.8 Å². The van der Waals surface area contributed by atoms with E-state index in [4.69, 9.17) is 14.7 Å². The van der Waals surface area contributed by atoms with Gasteiger partial charge in [0.25, 0.3) is 0 Å². The molecule has 2 unspecified atom stereocenters. The van der Waals surface area contributed by atoms with Crippen molar-refractivity contribution < 1.29 is 25.8 Å². The summed E-state index contributed by atoms with van der Waals surface area (Å²) in [6.45, 7) is 4.65. The van der Waals surface area contributed by atoms with Gasteiger partial charge < -0.3 is 4.74 Å².